The summed E-state index contributed by atoms with van der Waals surface area (Å²) in [7, 11) is 0. The van der Waals surface area contributed by atoms with Crippen molar-refractivity contribution in [3.05, 3.63) is 30.1 Å². The summed E-state index contributed by atoms with van der Waals surface area (Å²) >= 11 is 0. The molecule has 0 unspecified atom stereocenters. The van der Waals surface area contributed by atoms with E-state index in [4.69, 9.17) is 4.74 Å². The standard InChI is InChI=1S/C18H25N3O3/c22-17(20-10-8-14-7-4-9-19-11-14)16-13-24-18(23)21(16)12-15-5-2-1-3-6-15/h4,7,9,11,15-16H,1-3,5-6,8,10,12-13H2,(H,20,22)/t16-/m0/s1. The van der Waals surface area contributed by atoms with Crippen LogP contribution in [0.15, 0.2) is 24.5 Å². The molecule has 6 heteroatoms. The molecule has 6 nitrogen and oxygen atoms in total. The predicted octanol–water partition coefficient (Wildman–Crippen LogP) is 2.14. The van der Waals surface area contributed by atoms with E-state index in [1.807, 2.05) is 12.1 Å². The molecular formula is C18H25N3O3. The van der Waals surface area contributed by atoms with Gasteiger partial charge in [-0.15, -0.1) is 0 Å². The Kier molecular flexibility index (Phi) is 5.67. The van der Waals surface area contributed by atoms with Crippen molar-refractivity contribution in [2.24, 2.45) is 5.92 Å². The van der Waals surface area contributed by atoms with Crippen molar-refractivity contribution < 1.29 is 14.3 Å². The van der Waals surface area contributed by atoms with Gasteiger partial charge in [-0.05, 0) is 36.8 Å². The zero-order chi connectivity index (χ0) is 16.8. The van der Waals surface area contributed by atoms with E-state index in [-0.39, 0.29) is 18.6 Å². The molecule has 1 aromatic heterocycles. The second-order valence-corrected chi connectivity index (χ2v) is 6.65. The second kappa shape index (κ2) is 8.13. The van der Waals surface area contributed by atoms with Crippen molar-refractivity contribution in [2.45, 2.75) is 44.6 Å². The van der Waals surface area contributed by atoms with Crippen LogP contribution in [0.3, 0.4) is 0 Å². The van der Waals surface area contributed by atoms with Gasteiger partial charge in [0.25, 0.3) is 0 Å². The fraction of sp³-hybridized carbons (Fsp3) is 0.611. The van der Waals surface area contributed by atoms with Gasteiger partial charge in [0.1, 0.15) is 12.6 Å². The Morgan fingerprint density at radius 1 is 1.33 bits per heavy atom. The highest BCUT2D eigenvalue weighted by molar-refractivity contribution is 5.87. The molecule has 2 fully saturated rings. The van der Waals surface area contributed by atoms with E-state index >= 15 is 0 Å². The molecule has 24 heavy (non-hydrogen) atoms. The second-order valence-electron chi connectivity index (χ2n) is 6.65. The highest BCUT2D eigenvalue weighted by atomic mass is 16.6. The predicted molar refractivity (Wildman–Crippen MR) is 89.4 cm³/mol. The van der Waals surface area contributed by atoms with Gasteiger partial charge in [0, 0.05) is 25.5 Å². The number of amides is 2. The third-order valence-corrected chi connectivity index (χ3v) is 4.89. The van der Waals surface area contributed by atoms with Crippen LogP contribution in [0.25, 0.3) is 0 Å². The first-order valence-electron chi connectivity index (χ1n) is 8.84. The third-order valence-electron chi connectivity index (χ3n) is 4.89. The number of nitrogens with zero attached hydrogens (tertiary/aromatic N) is 2. The Hall–Kier alpha value is -2.11. The van der Waals surface area contributed by atoms with Crippen molar-refractivity contribution in [1.29, 1.82) is 0 Å². The van der Waals surface area contributed by atoms with Gasteiger partial charge in [0.2, 0.25) is 5.91 Å². The number of rotatable bonds is 6. The molecule has 0 bridgehead atoms. The average Bonchev–Trinajstić information content (AvgIpc) is 2.97. The van der Waals surface area contributed by atoms with E-state index in [9.17, 15) is 9.59 Å². The Labute approximate surface area is 142 Å². The van der Waals surface area contributed by atoms with Crippen LogP contribution in [-0.2, 0) is 16.0 Å². The minimum Gasteiger partial charge on any atom is -0.447 e. The van der Waals surface area contributed by atoms with Gasteiger partial charge in [-0.1, -0.05) is 25.3 Å². The summed E-state index contributed by atoms with van der Waals surface area (Å²) in [4.78, 5) is 30.1. The van der Waals surface area contributed by atoms with Crippen LogP contribution in [0.5, 0.6) is 0 Å². The van der Waals surface area contributed by atoms with Gasteiger partial charge in [-0.3, -0.25) is 14.7 Å². The number of carbonyl (C=O) groups is 2. The van der Waals surface area contributed by atoms with Gasteiger partial charge in [-0.25, -0.2) is 4.79 Å². The van der Waals surface area contributed by atoms with Gasteiger partial charge >= 0.3 is 6.09 Å². The molecule has 3 rings (SSSR count). The fourth-order valence-electron chi connectivity index (χ4n) is 3.51. The van der Waals surface area contributed by atoms with Crippen LogP contribution < -0.4 is 5.32 Å². The average molecular weight is 331 g/mol. The molecule has 1 aliphatic heterocycles. The molecule has 1 atom stereocenters. The van der Waals surface area contributed by atoms with E-state index < -0.39 is 6.04 Å². The lowest BCUT2D eigenvalue weighted by Gasteiger charge is -2.28. The minimum absolute atomic E-state index is 0.124. The number of cyclic esters (lactones) is 1. The topological polar surface area (TPSA) is 71.5 Å². The Morgan fingerprint density at radius 3 is 2.92 bits per heavy atom. The summed E-state index contributed by atoms with van der Waals surface area (Å²) < 4.78 is 5.12. The number of nitrogens with one attached hydrogen (secondary N) is 1. The fourth-order valence-corrected chi connectivity index (χ4v) is 3.51. The molecule has 0 radical (unpaired) electrons. The molecule has 130 valence electrons. The molecule has 1 N–H and O–H groups in total. The molecule has 2 amide bonds. The maximum absolute atomic E-state index is 12.4. The minimum atomic E-state index is -0.492. The first kappa shape index (κ1) is 16.7. The molecule has 1 saturated heterocycles. The quantitative estimate of drug-likeness (QED) is 0.867. The van der Waals surface area contributed by atoms with Crippen molar-refractivity contribution in [3.8, 4) is 0 Å². The Morgan fingerprint density at radius 2 is 2.17 bits per heavy atom. The van der Waals surface area contributed by atoms with Crippen LogP contribution in [0.2, 0.25) is 0 Å². The van der Waals surface area contributed by atoms with Crippen LogP contribution in [0.1, 0.15) is 37.7 Å². The number of carbonyl (C=O) groups excluding carboxylic acids is 2. The lowest BCUT2D eigenvalue weighted by molar-refractivity contribution is -0.125. The zero-order valence-corrected chi connectivity index (χ0v) is 13.9. The van der Waals surface area contributed by atoms with E-state index in [1.165, 1.54) is 19.3 Å². The number of hydrogen-bond donors (Lipinski definition) is 1. The first-order chi connectivity index (χ1) is 11.7. The lowest BCUT2D eigenvalue weighted by atomic mass is 9.89. The molecule has 1 aromatic rings. The van der Waals surface area contributed by atoms with E-state index in [2.05, 4.69) is 10.3 Å². The van der Waals surface area contributed by atoms with Crippen molar-refractivity contribution >= 4 is 12.0 Å². The largest absolute Gasteiger partial charge is 0.447 e. The summed E-state index contributed by atoms with van der Waals surface area (Å²) in [5.74, 6) is 0.371. The van der Waals surface area contributed by atoms with Crippen molar-refractivity contribution in [2.75, 3.05) is 19.7 Å². The summed E-state index contributed by atoms with van der Waals surface area (Å²) in [5.41, 5.74) is 1.08. The molecule has 2 aliphatic rings. The van der Waals surface area contributed by atoms with Gasteiger partial charge < -0.3 is 10.1 Å². The molecule has 1 aliphatic carbocycles. The van der Waals surface area contributed by atoms with E-state index in [0.29, 0.717) is 19.0 Å². The molecular weight excluding hydrogens is 306 g/mol. The SMILES string of the molecule is O=C(NCCc1cccnc1)[C@@H]1COC(=O)N1CC1CCCCC1. The maximum Gasteiger partial charge on any atom is 0.410 e. The monoisotopic (exact) mass is 331 g/mol. The van der Waals surface area contributed by atoms with Crippen LogP contribution in [-0.4, -0.2) is 47.6 Å². The van der Waals surface area contributed by atoms with E-state index in [1.54, 1.807) is 17.3 Å². The summed E-state index contributed by atoms with van der Waals surface area (Å²) in [6, 6.07) is 3.37. The zero-order valence-electron chi connectivity index (χ0n) is 13.9. The number of aromatic nitrogens is 1. The highest BCUT2D eigenvalue weighted by Crippen LogP contribution is 2.26. The van der Waals surface area contributed by atoms with Crippen LogP contribution >= 0.6 is 0 Å². The Bertz CT molecular complexity index is 558. The van der Waals surface area contributed by atoms with Crippen LogP contribution in [0, 0.1) is 5.92 Å². The number of pyridine rings is 1. The van der Waals surface area contributed by atoms with Gasteiger partial charge in [-0.2, -0.15) is 0 Å². The highest BCUT2D eigenvalue weighted by Gasteiger charge is 2.39. The van der Waals surface area contributed by atoms with Crippen molar-refractivity contribution in [1.82, 2.24) is 15.2 Å². The van der Waals surface area contributed by atoms with Crippen LogP contribution in [0.4, 0.5) is 4.79 Å². The number of ether oxygens (including phenoxy) is 1. The van der Waals surface area contributed by atoms with Crippen molar-refractivity contribution in [3.63, 3.8) is 0 Å². The lowest BCUT2D eigenvalue weighted by Crippen LogP contribution is -2.47. The summed E-state index contributed by atoms with van der Waals surface area (Å²) in [5, 5.41) is 2.92. The number of hydrogen-bond acceptors (Lipinski definition) is 4. The summed E-state index contributed by atoms with van der Waals surface area (Å²) in [6.07, 6.45) is 9.89. The smallest absolute Gasteiger partial charge is 0.410 e. The molecule has 1 saturated carbocycles. The summed E-state index contributed by atoms with van der Waals surface area (Å²) in [6.45, 7) is 1.33. The van der Waals surface area contributed by atoms with Gasteiger partial charge in [0.15, 0.2) is 0 Å². The molecule has 0 spiro atoms. The molecule has 2 heterocycles. The third kappa shape index (κ3) is 4.24. The Balaban J connectivity index is 1.49. The normalized spacial score (nSPS) is 21.6. The first-order valence-corrected chi connectivity index (χ1v) is 8.84. The molecule has 0 aromatic carbocycles. The van der Waals surface area contributed by atoms with E-state index in [0.717, 1.165) is 24.8 Å². The van der Waals surface area contributed by atoms with Gasteiger partial charge in [0.05, 0.1) is 0 Å². The maximum atomic E-state index is 12.4.